The van der Waals surface area contributed by atoms with Gasteiger partial charge in [-0.2, -0.15) is 0 Å². The minimum Gasteiger partial charge on any atom is -0.393 e. The van der Waals surface area contributed by atoms with Crippen LogP contribution in [-0.4, -0.2) is 21.9 Å². The van der Waals surface area contributed by atoms with Gasteiger partial charge in [-0.15, -0.1) is 0 Å². The second-order valence-corrected chi connectivity index (χ2v) is 5.49. The molecule has 0 fully saturated rings. The Labute approximate surface area is 124 Å². The molecule has 0 saturated heterocycles. The van der Waals surface area contributed by atoms with Crippen LogP contribution in [0.25, 0.3) is 0 Å². The average molecular weight is 294 g/mol. The van der Waals surface area contributed by atoms with E-state index in [0.29, 0.717) is 12.2 Å². The maximum absolute atomic E-state index is 11.6. The van der Waals surface area contributed by atoms with E-state index in [2.05, 4.69) is 15.4 Å². The highest BCUT2D eigenvalue weighted by molar-refractivity contribution is 5.85. The Hall–Kier alpha value is -2.02. The van der Waals surface area contributed by atoms with Crippen LogP contribution >= 0.6 is 0 Å². The van der Waals surface area contributed by atoms with Gasteiger partial charge in [0.25, 0.3) is 0 Å². The standard InChI is InChI=1S/C14H22N4O3/c1-9(2)4-13(19)21-14(20)6-10(3)5-11-7-17-12(18-15)8-16-11/h7-10H,4-6,15H2,1-3H3,(H,17,18). The number of anilines is 1. The molecular formula is C14H22N4O3. The molecule has 1 rings (SSSR count). The molecule has 0 aliphatic heterocycles. The van der Waals surface area contributed by atoms with Gasteiger partial charge in [0.1, 0.15) is 0 Å². The number of hydrogen-bond acceptors (Lipinski definition) is 7. The first-order chi connectivity index (χ1) is 9.90. The normalized spacial score (nSPS) is 12.0. The summed E-state index contributed by atoms with van der Waals surface area (Å²) in [6.07, 6.45) is 4.11. The summed E-state index contributed by atoms with van der Waals surface area (Å²) in [5.74, 6) is 4.89. The zero-order chi connectivity index (χ0) is 15.8. The number of carbonyl (C=O) groups is 2. The lowest BCUT2D eigenvalue weighted by atomic mass is 10.0. The summed E-state index contributed by atoms with van der Waals surface area (Å²) in [6, 6.07) is 0. The number of aromatic nitrogens is 2. The smallest absolute Gasteiger partial charge is 0.313 e. The third-order valence-corrected chi connectivity index (χ3v) is 2.73. The Morgan fingerprint density at radius 3 is 2.38 bits per heavy atom. The third-order valence-electron chi connectivity index (χ3n) is 2.73. The quantitative estimate of drug-likeness (QED) is 0.339. The summed E-state index contributed by atoms with van der Waals surface area (Å²) in [6.45, 7) is 5.69. The number of carbonyl (C=O) groups excluding carboxylic acids is 2. The predicted molar refractivity (Wildman–Crippen MR) is 77.9 cm³/mol. The lowest BCUT2D eigenvalue weighted by Crippen LogP contribution is -2.17. The van der Waals surface area contributed by atoms with E-state index in [1.165, 1.54) is 6.20 Å². The molecule has 1 unspecified atom stereocenters. The number of nitrogens with one attached hydrogen (secondary N) is 1. The first-order valence-corrected chi connectivity index (χ1v) is 6.91. The van der Waals surface area contributed by atoms with Crippen LogP contribution in [-0.2, 0) is 20.7 Å². The lowest BCUT2D eigenvalue weighted by Gasteiger charge is -2.10. The van der Waals surface area contributed by atoms with Crippen molar-refractivity contribution >= 4 is 17.8 Å². The lowest BCUT2D eigenvalue weighted by molar-refractivity contribution is -0.160. The summed E-state index contributed by atoms with van der Waals surface area (Å²) < 4.78 is 4.77. The summed E-state index contributed by atoms with van der Waals surface area (Å²) in [5.41, 5.74) is 3.14. The van der Waals surface area contributed by atoms with Crippen LogP contribution in [0.1, 0.15) is 39.3 Å². The molecule has 1 aromatic heterocycles. The monoisotopic (exact) mass is 294 g/mol. The number of nitrogens with two attached hydrogens (primary N) is 1. The van der Waals surface area contributed by atoms with Crippen molar-refractivity contribution in [3.8, 4) is 0 Å². The van der Waals surface area contributed by atoms with E-state index in [1.807, 2.05) is 20.8 Å². The Kier molecular flexibility index (Phi) is 6.74. The van der Waals surface area contributed by atoms with Crippen molar-refractivity contribution in [2.45, 2.75) is 40.0 Å². The van der Waals surface area contributed by atoms with Gasteiger partial charge in [-0.25, -0.2) is 10.8 Å². The summed E-state index contributed by atoms with van der Waals surface area (Å²) in [7, 11) is 0. The third kappa shape index (κ3) is 6.80. The molecule has 21 heavy (non-hydrogen) atoms. The van der Waals surface area contributed by atoms with Gasteiger partial charge < -0.3 is 10.2 Å². The van der Waals surface area contributed by atoms with Crippen molar-refractivity contribution in [1.82, 2.24) is 9.97 Å². The van der Waals surface area contributed by atoms with Crippen molar-refractivity contribution in [2.24, 2.45) is 17.7 Å². The van der Waals surface area contributed by atoms with Crippen molar-refractivity contribution in [3.05, 3.63) is 18.1 Å². The first-order valence-electron chi connectivity index (χ1n) is 6.91. The zero-order valence-electron chi connectivity index (χ0n) is 12.6. The average Bonchev–Trinajstić information content (AvgIpc) is 2.37. The van der Waals surface area contributed by atoms with E-state index in [0.717, 1.165) is 5.69 Å². The van der Waals surface area contributed by atoms with Gasteiger partial charge in [0.2, 0.25) is 0 Å². The fourth-order valence-corrected chi connectivity index (χ4v) is 1.79. The molecule has 1 atom stereocenters. The Morgan fingerprint density at radius 2 is 1.86 bits per heavy atom. The topological polar surface area (TPSA) is 107 Å². The molecule has 0 spiro atoms. The molecular weight excluding hydrogens is 272 g/mol. The van der Waals surface area contributed by atoms with Crippen molar-refractivity contribution in [3.63, 3.8) is 0 Å². The van der Waals surface area contributed by atoms with Crippen LogP contribution in [0.5, 0.6) is 0 Å². The molecule has 0 aromatic carbocycles. The number of nitrogens with zero attached hydrogens (tertiary/aromatic N) is 2. The van der Waals surface area contributed by atoms with Crippen molar-refractivity contribution in [1.29, 1.82) is 0 Å². The van der Waals surface area contributed by atoms with Gasteiger partial charge in [-0.1, -0.05) is 20.8 Å². The second-order valence-electron chi connectivity index (χ2n) is 5.49. The second kappa shape index (κ2) is 8.31. The van der Waals surface area contributed by atoms with Crippen molar-refractivity contribution < 1.29 is 14.3 Å². The van der Waals surface area contributed by atoms with Crippen LogP contribution in [0, 0.1) is 11.8 Å². The number of nitrogen functional groups attached to an aromatic ring is 1. The fourth-order valence-electron chi connectivity index (χ4n) is 1.79. The Balaban J connectivity index is 2.39. The predicted octanol–water partition coefficient (Wildman–Crippen LogP) is 1.45. The number of rotatable bonds is 7. The summed E-state index contributed by atoms with van der Waals surface area (Å²) >= 11 is 0. The molecule has 0 bridgehead atoms. The van der Waals surface area contributed by atoms with Gasteiger partial charge >= 0.3 is 11.9 Å². The zero-order valence-corrected chi connectivity index (χ0v) is 12.6. The highest BCUT2D eigenvalue weighted by atomic mass is 16.6. The van der Waals surface area contributed by atoms with E-state index >= 15 is 0 Å². The Morgan fingerprint density at radius 1 is 1.19 bits per heavy atom. The number of esters is 2. The van der Waals surface area contributed by atoms with Gasteiger partial charge in [0.15, 0.2) is 5.82 Å². The van der Waals surface area contributed by atoms with E-state index in [9.17, 15) is 9.59 Å². The number of hydrazine groups is 1. The maximum Gasteiger partial charge on any atom is 0.313 e. The summed E-state index contributed by atoms with van der Waals surface area (Å²) in [5, 5.41) is 0. The van der Waals surface area contributed by atoms with E-state index in [-0.39, 0.29) is 24.7 Å². The number of ether oxygens (including phenoxy) is 1. The van der Waals surface area contributed by atoms with E-state index in [4.69, 9.17) is 10.6 Å². The molecule has 1 aromatic rings. The van der Waals surface area contributed by atoms with Gasteiger partial charge in [-0.05, 0) is 18.3 Å². The van der Waals surface area contributed by atoms with Crippen molar-refractivity contribution in [2.75, 3.05) is 5.43 Å². The molecule has 7 heteroatoms. The van der Waals surface area contributed by atoms with Crippen LogP contribution in [0.2, 0.25) is 0 Å². The van der Waals surface area contributed by atoms with Crippen LogP contribution in [0.4, 0.5) is 5.82 Å². The van der Waals surface area contributed by atoms with Crippen LogP contribution < -0.4 is 11.3 Å². The molecule has 0 aliphatic carbocycles. The molecule has 1 heterocycles. The Bertz CT molecular complexity index is 474. The molecule has 0 saturated carbocycles. The molecule has 3 N–H and O–H groups in total. The minimum absolute atomic E-state index is 0.00957. The fraction of sp³-hybridized carbons (Fsp3) is 0.571. The molecule has 7 nitrogen and oxygen atoms in total. The highest BCUT2D eigenvalue weighted by Gasteiger charge is 2.16. The van der Waals surface area contributed by atoms with Crippen LogP contribution in [0.15, 0.2) is 12.4 Å². The van der Waals surface area contributed by atoms with Gasteiger partial charge in [0.05, 0.1) is 18.1 Å². The largest absolute Gasteiger partial charge is 0.393 e. The SMILES string of the molecule is CC(C)CC(=O)OC(=O)CC(C)Cc1cnc(NN)cn1. The molecule has 0 aliphatic rings. The maximum atomic E-state index is 11.6. The minimum atomic E-state index is -0.499. The molecule has 0 amide bonds. The van der Waals surface area contributed by atoms with Gasteiger partial charge in [0, 0.05) is 12.8 Å². The van der Waals surface area contributed by atoms with E-state index < -0.39 is 11.9 Å². The van der Waals surface area contributed by atoms with Gasteiger partial charge in [-0.3, -0.25) is 14.6 Å². The highest BCUT2D eigenvalue weighted by Crippen LogP contribution is 2.12. The molecule has 116 valence electrons. The molecule has 0 radical (unpaired) electrons. The van der Waals surface area contributed by atoms with E-state index in [1.54, 1.807) is 6.20 Å². The first kappa shape index (κ1) is 17.0. The van der Waals surface area contributed by atoms with Crippen LogP contribution in [0.3, 0.4) is 0 Å². The summed E-state index contributed by atoms with van der Waals surface area (Å²) in [4.78, 5) is 31.2. The number of hydrogen-bond donors (Lipinski definition) is 2.